The lowest BCUT2D eigenvalue weighted by atomic mass is 10.1. The third-order valence-corrected chi connectivity index (χ3v) is 2.67. The topological polar surface area (TPSA) is 49.8 Å². The number of piperidine rings is 1. The van der Waals surface area contributed by atoms with Crippen LogP contribution in [0, 0.1) is 0 Å². The van der Waals surface area contributed by atoms with Crippen LogP contribution in [0.3, 0.4) is 0 Å². The van der Waals surface area contributed by atoms with Crippen LogP contribution in [0.2, 0.25) is 0 Å². The minimum absolute atomic E-state index is 0.215. The second kappa shape index (κ2) is 6.66. The van der Waals surface area contributed by atoms with E-state index in [0.717, 1.165) is 31.5 Å². The van der Waals surface area contributed by atoms with Crippen molar-refractivity contribution in [3.63, 3.8) is 0 Å². The summed E-state index contributed by atoms with van der Waals surface area (Å²) in [7, 11) is 0. The molecule has 0 saturated carbocycles. The van der Waals surface area contributed by atoms with Crippen molar-refractivity contribution in [2.75, 3.05) is 26.2 Å². The molecule has 0 aromatic carbocycles. The Bertz CT molecular complexity index is 229. The molecule has 0 bridgehead atoms. The molecule has 4 nitrogen and oxygen atoms in total. The molecule has 4 heteroatoms. The van der Waals surface area contributed by atoms with Gasteiger partial charge in [-0.05, 0) is 26.3 Å². The average molecular weight is 227 g/mol. The zero-order chi connectivity index (χ0) is 12.0. The number of hydrogen-bond donors (Lipinski definition) is 1. The number of aliphatic carboxylic acids is 1. The molecule has 1 aliphatic rings. The normalized spacial score (nSPS) is 21.9. The van der Waals surface area contributed by atoms with E-state index in [2.05, 4.69) is 11.5 Å². The quantitative estimate of drug-likeness (QED) is 0.699. The zero-order valence-corrected chi connectivity index (χ0v) is 9.95. The van der Waals surface area contributed by atoms with E-state index in [9.17, 15) is 4.79 Å². The number of nitrogens with zero attached hydrogens (tertiary/aromatic N) is 1. The smallest absolute Gasteiger partial charge is 0.304 e. The predicted octanol–water partition coefficient (Wildman–Crippen LogP) is 1.52. The third-order valence-electron chi connectivity index (χ3n) is 2.67. The fourth-order valence-corrected chi connectivity index (χ4v) is 1.87. The lowest BCUT2D eigenvalue weighted by Crippen LogP contribution is -2.40. The van der Waals surface area contributed by atoms with Crippen molar-refractivity contribution in [2.45, 2.75) is 32.3 Å². The maximum atomic E-state index is 10.5. The zero-order valence-electron chi connectivity index (χ0n) is 9.95. The van der Waals surface area contributed by atoms with Gasteiger partial charge in [0.25, 0.3) is 0 Å². The van der Waals surface area contributed by atoms with Crippen LogP contribution in [0.1, 0.15) is 26.2 Å². The number of carboxylic acid groups (broad SMARTS) is 1. The second-order valence-corrected chi connectivity index (χ2v) is 4.48. The Morgan fingerprint density at radius 1 is 1.62 bits per heavy atom. The average Bonchev–Trinajstić information content (AvgIpc) is 2.24. The van der Waals surface area contributed by atoms with Gasteiger partial charge in [-0.3, -0.25) is 4.79 Å². The first-order chi connectivity index (χ1) is 7.58. The van der Waals surface area contributed by atoms with Gasteiger partial charge in [0.1, 0.15) is 0 Å². The van der Waals surface area contributed by atoms with E-state index >= 15 is 0 Å². The number of carboxylic acids is 1. The molecule has 1 rings (SSSR count). The predicted molar refractivity (Wildman–Crippen MR) is 62.5 cm³/mol. The number of rotatable bonds is 6. The molecule has 1 unspecified atom stereocenters. The lowest BCUT2D eigenvalue weighted by Gasteiger charge is -2.32. The van der Waals surface area contributed by atoms with Crippen LogP contribution in [0.4, 0.5) is 0 Å². The van der Waals surface area contributed by atoms with Crippen molar-refractivity contribution in [2.24, 2.45) is 0 Å². The Hall–Kier alpha value is -0.870. The monoisotopic (exact) mass is 227 g/mol. The van der Waals surface area contributed by atoms with E-state index in [-0.39, 0.29) is 12.5 Å². The van der Waals surface area contributed by atoms with E-state index in [0.29, 0.717) is 13.2 Å². The molecule has 0 aromatic heterocycles. The summed E-state index contributed by atoms with van der Waals surface area (Å²) >= 11 is 0. The summed E-state index contributed by atoms with van der Waals surface area (Å²) in [4.78, 5) is 12.6. The van der Waals surface area contributed by atoms with Gasteiger partial charge in [-0.25, -0.2) is 0 Å². The molecule has 0 radical (unpaired) electrons. The van der Waals surface area contributed by atoms with E-state index in [1.165, 1.54) is 0 Å². The van der Waals surface area contributed by atoms with Gasteiger partial charge in [0.2, 0.25) is 0 Å². The van der Waals surface area contributed by atoms with Crippen LogP contribution in [0.5, 0.6) is 0 Å². The van der Waals surface area contributed by atoms with E-state index in [1.807, 2.05) is 6.92 Å². The molecule has 16 heavy (non-hydrogen) atoms. The lowest BCUT2D eigenvalue weighted by molar-refractivity contribution is -0.137. The molecule has 1 fully saturated rings. The Morgan fingerprint density at radius 3 is 3.00 bits per heavy atom. The summed E-state index contributed by atoms with van der Waals surface area (Å²) in [5.74, 6) is -0.732. The Morgan fingerprint density at radius 2 is 2.38 bits per heavy atom. The number of ether oxygens (including phenoxy) is 1. The highest BCUT2D eigenvalue weighted by Gasteiger charge is 2.20. The minimum Gasteiger partial charge on any atom is -0.481 e. The van der Waals surface area contributed by atoms with E-state index < -0.39 is 5.97 Å². The van der Waals surface area contributed by atoms with Gasteiger partial charge in [-0.2, -0.15) is 0 Å². The maximum absolute atomic E-state index is 10.5. The van der Waals surface area contributed by atoms with Crippen molar-refractivity contribution >= 4 is 5.97 Å². The first-order valence-electron chi connectivity index (χ1n) is 5.78. The molecule has 1 aliphatic heterocycles. The molecule has 1 N–H and O–H groups in total. The van der Waals surface area contributed by atoms with Crippen LogP contribution in [-0.2, 0) is 9.53 Å². The summed E-state index contributed by atoms with van der Waals surface area (Å²) < 4.78 is 5.69. The molecule has 1 saturated heterocycles. The summed E-state index contributed by atoms with van der Waals surface area (Å²) in [5.41, 5.74) is 1.03. The highest BCUT2D eigenvalue weighted by atomic mass is 16.5. The molecule has 1 heterocycles. The number of hydrogen-bond acceptors (Lipinski definition) is 3. The number of likely N-dealkylation sites (tertiary alicyclic amines) is 1. The summed E-state index contributed by atoms with van der Waals surface area (Å²) in [6, 6.07) is 0. The highest BCUT2D eigenvalue weighted by molar-refractivity contribution is 5.66. The number of carbonyl (C=O) groups is 1. The van der Waals surface area contributed by atoms with Crippen molar-refractivity contribution in [3.05, 3.63) is 12.2 Å². The first kappa shape index (κ1) is 13.2. The Balaban J connectivity index is 2.24. The largest absolute Gasteiger partial charge is 0.481 e. The molecule has 0 amide bonds. The van der Waals surface area contributed by atoms with Gasteiger partial charge in [0.05, 0.1) is 19.1 Å². The minimum atomic E-state index is -0.732. The van der Waals surface area contributed by atoms with Crippen molar-refractivity contribution in [3.8, 4) is 0 Å². The molecule has 92 valence electrons. The van der Waals surface area contributed by atoms with Gasteiger partial charge in [0.15, 0.2) is 0 Å². The molecule has 0 aliphatic carbocycles. The molecular formula is C12H21NO3. The molecule has 0 aromatic rings. The SMILES string of the molecule is C=C(C)COC1CCCN(CCC(=O)O)C1. The first-order valence-corrected chi connectivity index (χ1v) is 5.78. The van der Waals surface area contributed by atoms with Gasteiger partial charge < -0.3 is 14.7 Å². The fraction of sp³-hybridized carbons (Fsp3) is 0.750. The van der Waals surface area contributed by atoms with Crippen LogP contribution in [-0.4, -0.2) is 48.3 Å². The van der Waals surface area contributed by atoms with Crippen LogP contribution < -0.4 is 0 Å². The highest BCUT2D eigenvalue weighted by Crippen LogP contribution is 2.14. The molecule has 0 spiro atoms. The van der Waals surface area contributed by atoms with Crippen molar-refractivity contribution in [1.29, 1.82) is 0 Å². The Labute approximate surface area is 96.9 Å². The Kier molecular flexibility index (Phi) is 5.49. The second-order valence-electron chi connectivity index (χ2n) is 4.48. The summed E-state index contributed by atoms with van der Waals surface area (Å²) in [5, 5.41) is 8.62. The van der Waals surface area contributed by atoms with Gasteiger partial charge in [-0.1, -0.05) is 12.2 Å². The van der Waals surface area contributed by atoms with Crippen molar-refractivity contribution < 1.29 is 14.6 Å². The molecule has 1 atom stereocenters. The van der Waals surface area contributed by atoms with Gasteiger partial charge >= 0.3 is 5.97 Å². The van der Waals surface area contributed by atoms with Crippen LogP contribution >= 0.6 is 0 Å². The maximum Gasteiger partial charge on any atom is 0.304 e. The molecular weight excluding hydrogens is 206 g/mol. The van der Waals surface area contributed by atoms with Crippen LogP contribution in [0.25, 0.3) is 0 Å². The fourth-order valence-electron chi connectivity index (χ4n) is 1.87. The van der Waals surface area contributed by atoms with E-state index in [1.54, 1.807) is 0 Å². The van der Waals surface area contributed by atoms with Crippen molar-refractivity contribution in [1.82, 2.24) is 4.90 Å². The summed E-state index contributed by atoms with van der Waals surface area (Å²) in [6.45, 7) is 8.82. The van der Waals surface area contributed by atoms with Crippen LogP contribution in [0.15, 0.2) is 12.2 Å². The van der Waals surface area contributed by atoms with Gasteiger partial charge in [0, 0.05) is 13.1 Å². The standard InChI is InChI=1S/C12H21NO3/c1-10(2)9-16-11-4-3-6-13(8-11)7-5-12(14)15/h11H,1,3-9H2,2H3,(H,14,15). The van der Waals surface area contributed by atoms with Gasteiger partial charge in [-0.15, -0.1) is 0 Å². The van der Waals surface area contributed by atoms with E-state index in [4.69, 9.17) is 9.84 Å². The third kappa shape index (κ3) is 5.28. The summed E-state index contributed by atoms with van der Waals surface area (Å²) in [6.07, 6.45) is 2.60.